The normalized spacial score (nSPS) is 18.1. The van der Waals surface area contributed by atoms with Crippen molar-refractivity contribution in [3.05, 3.63) is 58.4 Å². The molecule has 0 radical (unpaired) electrons. The van der Waals surface area contributed by atoms with Gasteiger partial charge in [0.25, 0.3) is 5.91 Å². The van der Waals surface area contributed by atoms with Crippen molar-refractivity contribution in [1.82, 2.24) is 15.3 Å². The molecule has 2 N–H and O–H groups in total. The number of hydrogen-bond acceptors (Lipinski definition) is 10. The third-order valence-corrected chi connectivity index (χ3v) is 8.78. The minimum Gasteiger partial charge on any atom is -0.497 e. The topological polar surface area (TPSA) is 120 Å². The maximum atomic E-state index is 13.2. The number of carbonyl (C=O) groups is 2. The monoisotopic (exact) mass is 604 g/mol. The third-order valence-electron chi connectivity index (χ3n) is 8.78. The smallest absolute Gasteiger partial charge is 0.428 e. The minimum absolute atomic E-state index is 0.0578. The highest BCUT2D eigenvalue weighted by Gasteiger charge is 2.25. The average Bonchev–Trinajstić information content (AvgIpc) is 3.58. The molecular formula is C32H40N6O6. The molecule has 3 aromatic rings. The van der Waals surface area contributed by atoms with Crippen molar-refractivity contribution in [1.29, 1.82) is 0 Å². The van der Waals surface area contributed by atoms with Crippen molar-refractivity contribution in [2.45, 2.75) is 31.7 Å². The maximum Gasteiger partial charge on any atom is 0.428 e. The zero-order valence-electron chi connectivity index (χ0n) is 25.3. The summed E-state index contributed by atoms with van der Waals surface area (Å²) in [4.78, 5) is 52.4. The van der Waals surface area contributed by atoms with Crippen LogP contribution in [0.5, 0.6) is 5.75 Å². The number of likely N-dealkylation sites (N-methyl/N-ethyl adjacent to an activating group) is 1. The van der Waals surface area contributed by atoms with E-state index in [0.717, 1.165) is 50.4 Å². The summed E-state index contributed by atoms with van der Waals surface area (Å²) in [5.74, 6) is 0.00137. The van der Waals surface area contributed by atoms with Crippen LogP contribution >= 0.6 is 0 Å². The van der Waals surface area contributed by atoms with Crippen molar-refractivity contribution in [3.8, 4) is 5.75 Å². The van der Waals surface area contributed by atoms with E-state index in [1.54, 1.807) is 18.1 Å². The van der Waals surface area contributed by atoms with Gasteiger partial charge >= 0.3 is 6.09 Å². The van der Waals surface area contributed by atoms with E-state index in [9.17, 15) is 14.4 Å². The van der Waals surface area contributed by atoms with Gasteiger partial charge in [0.1, 0.15) is 5.75 Å². The number of amides is 2. The number of piperazine rings is 2. The number of benzene rings is 2. The Kier molecular flexibility index (Phi) is 8.89. The van der Waals surface area contributed by atoms with Crippen LogP contribution in [0.1, 0.15) is 36.2 Å². The predicted octanol–water partition coefficient (Wildman–Crippen LogP) is 3.51. The van der Waals surface area contributed by atoms with E-state index >= 15 is 0 Å². The summed E-state index contributed by atoms with van der Waals surface area (Å²) in [5.41, 5.74) is 5.29. The van der Waals surface area contributed by atoms with Crippen LogP contribution in [0.15, 0.2) is 51.7 Å². The van der Waals surface area contributed by atoms with E-state index in [4.69, 9.17) is 14.0 Å². The van der Waals surface area contributed by atoms with Gasteiger partial charge in [-0.2, -0.15) is 0 Å². The first-order valence-electron chi connectivity index (χ1n) is 15.3. The lowest BCUT2D eigenvalue weighted by Gasteiger charge is -2.35. The van der Waals surface area contributed by atoms with Gasteiger partial charge in [-0.25, -0.2) is 4.79 Å². The fraction of sp³-hybridized carbons (Fsp3) is 0.469. The Labute approximate surface area is 256 Å². The van der Waals surface area contributed by atoms with Gasteiger partial charge in [0, 0.05) is 81.9 Å². The molecule has 2 aromatic carbocycles. The van der Waals surface area contributed by atoms with Gasteiger partial charge in [0.2, 0.25) is 0 Å². The SMILES string of the molecule is COc1cc(N2CCN(C)CC2)c2oc(C(=O)Nc3ccc(N4CCN(C(=O)ONC5CCCC5)CC4)cc3)cc(=O)c2c1. The minimum atomic E-state index is -0.504. The van der Waals surface area contributed by atoms with Crippen molar-refractivity contribution in [2.24, 2.45) is 0 Å². The zero-order valence-corrected chi connectivity index (χ0v) is 25.3. The number of nitrogens with one attached hydrogen (secondary N) is 2. The van der Waals surface area contributed by atoms with Crippen LogP contribution < -0.4 is 30.8 Å². The molecule has 1 aromatic heterocycles. The van der Waals surface area contributed by atoms with E-state index in [0.29, 0.717) is 48.6 Å². The van der Waals surface area contributed by atoms with Crippen LogP contribution in [0.4, 0.5) is 21.9 Å². The number of rotatable bonds is 7. The Hall–Kier alpha value is -4.29. The summed E-state index contributed by atoms with van der Waals surface area (Å²) in [6.45, 7) is 5.75. The molecule has 0 atom stereocenters. The first-order chi connectivity index (χ1) is 21.4. The standard InChI is InChI=1S/C32H40N6O6/c1-35-11-13-37(14-12-35)27-20-25(42-2)19-26-28(39)21-29(43-30(26)27)31(40)33-22-7-9-24(10-8-22)36-15-17-38(18-16-36)32(41)44-34-23-5-3-4-6-23/h7-10,19-21,23,34H,3-6,11-18H2,1-2H3,(H,33,40). The Morgan fingerprint density at radius 1 is 0.886 bits per heavy atom. The highest BCUT2D eigenvalue weighted by atomic mass is 16.7. The Balaban J connectivity index is 1.09. The molecule has 1 saturated carbocycles. The molecular weight excluding hydrogens is 564 g/mol. The number of methoxy groups -OCH3 is 1. The fourth-order valence-electron chi connectivity index (χ4n) is 6.06. The molecule has 3 heterocycles. The molecule has 44 heavy (non-hydrogen) atoms. The van der Waals surface area contributed by atoms with Crippen molar-refractivity contribution in [3.63, 3.8) is 0 Å². The first kappa shape index (κ1) is 29.8. The molecule has 2 amide bonds. The van der Waals surface area contributed by atoms with E-state index in [-0.39, 0.29) is 23.3 Å². The van der Waals surface area contributed by atoms with E-state index in [1.807, 2.05) is 30.3 Å². The second kappa shape index (κ2) is 13.1. The Morgan fingerprint density at radius 3 is 2.25 bits per heavy atom. The number of hydroxylamine groups is 1. The summed E-state index contributed by atoms with van der Waals surface area (Å²) in [7, 11) is 3.64. The van der Waals surface area contributed by atoms with Gasteiger partial charge in [-0.05, 0) is 50.2 Å². The summed E-state index contributed by atoms with van der Waals surface area (Å²) < 4.78 is 11.6. The average molecular weight is 605 g/mol. The molecule has 6 rings (SSSR count). The summed E-state index contributed by atoms with van der Waals surface area (Å²) in [6, 6.07) is 12.5. The first-order valence-corrected chi connectivity index (χ1v) is 15.3. The van der Waals surface area contributed by atoms with Crippen LogP contribution in [0.3, 0.4) is 0 Å². The largest absolute Gasteiger partial charge is 0.497 e. The lowest BCUT2D eigenvalue weighted by Crippen LogP contribution is -2.50. The van der Waals surface area contributed by atoms with Crippen LogP contribution in [-0.4, -0.2) is 94.4 Å². The van der Waals surface area contributed by atoms with Gasteiger partial charge < -0.3 is 38.9 Å². The van der Waals surface area contributed by atoms with Gasteiger partial charge in [0.05, 0.1) is 18.2 Å². The fourth-order valence-corrected chi connectivity index (χ4v) is 6.06. The van der Waals surface area contributed by atoms with E-state index < -0.39 is 5.91 Å². The molecule has 0 bridgehead atoms. The van der Waals surface area contributed by atoms with Crippen LogP contribution in [-0.2, 0) is 4.84 Å². The maximum absolute atomic E-state index is 13.2. The number of ether oxygens (including phenoxy) is 1. The van der Waals surface area contributed by atoms with E-state index in [2.05, 4.69) is 32.5 Å². The zero-order chi connectivity index (χ0) is 30.6. The van der Waals surface area contributed by atoms with Crippen LogP contribution in [0.25, 0.3) is 11.0 Å². The lowest BCUT2D eigenvalue weighted by molar-refractivity contribution is 0.0380. The molecule has 12 heteroatoms. The number of nitrogens with zero attached hydrogens (tertiary/aromatic N) is 4. The molecule has 0 spiro atoms. The van der Waals surface area contributed by atoms with Gasteiger partial charge in [0.15, 0.2) is 16.8 Å². The number of hydrogen-bond donors (Lipinski definition) is 2. The molecule has 2 saturated heterocycles. The predicted molar refractivity (Wildman–Crippen MR) is 169 cm³/mol. The van der Waals surface area contributed by atoms with Gasteiger partial charge in [-0.15, -0.1) is 5.48 Å². The second-order valence-corrected chi connectivity index (χ2v) is 11.7. The number of carbonyl (C=O) groups excluding carboxylic acids is 2. The molecule has 3 fully saturated rings. The third kappa shape index (κ3) is 6.61. The molecule has 2 aliphatic heterocycles. The quantitative estimate of drug-likeness (QED) is 0.388. The Morgan fingerprint density at radius 2 is 1.57 bits per heavy atom. The van der Waals surface area contributed by atoms with E-state index in [1.165, 1.54) is 18.9 Å². The van der Waals surface area contributed by atoms with Crippen LogP contribution in [0, 0.1) is 0 Å². The number of fused-ring (bicyclic) bond motifs is 1. The summed E-state index contributed by atoms with van der Waals surface area (Å²) >= 11 is 0. The Bertz CT molecular complexity index is 1540. The molecule has 0 unspecified atom stereocenters. The highest BCUT2D eigenvalue weighted by molar-refractivity contribution is 6.03. The van der Waals surface area contributed by atoms with Crippen molar-refractivity contribution >= 4 is 40.0 Å². The lowest BCUT2D eigenvalue weighted by atomic mass is 10.1. The van der Waals surface area contributed by atoms with Crippen molar-refractivity contribution in [2.75, 3.05) is 81.6 Å². The molecule has 3 aliphatic rings. The number of anilines is 3. The summed E-state index contributed by atoms with van der Waals surface area (Å²) in [6.07, 6.45) is 4.10. The molecule has 234 valence electrons. The van der Waals surface area contributed by atoms with Crippen molar-refractivity contribution < 1.29 is 23.6 Å². The van der Waals surface area contributed by atoms with Crippen LogP contribution in [0.2, 0.25) is 0 Å². The summed E-state index contributed by atoms with van der Waals surface area (Å²) in [5, 5.41) is 3.23. The second-order valence-electron chi connectivity index (χ2n) is 11.7. The molecule has 12 nitrogen and oxygen atoms in total. The highest BCUT2D eigenvalue weighted by Crippen LogP contribution is 2.32. The van der Waals surface area contributed by atoms with Gasteiger partial charge in [-0.1, -0.05) is 12.8 Å². The van der Waals surface area contributed by atoms with Gasteiger partial charge in [-0.3, -0.25) is 9.59 Å². The molecule has 1 aliphatic carbocycles.